The molecule has 117 valence electrons. The Hall–Kier alpha value is -1.24. The Morgan fingerprint density at radius 2 is 1.87 bits per heavy atom. The van der Waals surface area contributed by atoms with Crippen LogP contribution in [0.15, 0.2) is 46.2 Å². The van der Waals surface area contributed by atoms with Gasteiger partial charge in [-0.05, 0) is 31.2 Å². The molecule has 7 heteroatoms. The maximum Gasteiger partial charge on any atom is 0.212 e. The molecule has 0 spiro atoms. The predicted octanol–water partition coefficient (Wildman–Crippen LogP) is 2.61. The largest absolute Gasteiger partial charge is 0.252 e. The minimum atomic E-state index is -3.67. The van der Waals surface area contributed by atoms with Crippen molar-refractivity contribution in [2.24, 2.45) is 0 Å². The van der Waals surface area contributed by atoms with Gasteiger partial charge in [0.2, 0.25) is 9.84 Å². The fourth-order valence-corrected chi connectivity index (χ4v) is 4.08. The molecule has 0 aliphatic heterocycles. The molecule has 1 radical (unpaired) electrons. The molecule has 0 amide bonds. The van der Waals surface area contributed by atoms with Gasteiger partial charge in [-0.2, -0.15) is 11.2 Å². The molecular weight excluding hydrogens is 387 g/mol. The normalized spacial score (nSPS) is 11.4. The van der Waals surface area contributed by atoms with Crippen molar-refractivity contribution in [1.82, 2.24) is 14.6 Å². The summed E-state index contributed by atoms with van der Waals surface area (Å²) < 4.78 is 27.5. The van der Waals surface area contributed by atoms with Gasteiger partial charge in [0, 0.05) is 32.7 Å². The van der Waals surface area contributed by atoms with E-state index >= 15 is 0 Å². The summed E-state index contributed by atoms with van der Waals surface area (Å²) in [6, 6.07) is 10.1. The van der Waals surface area contributed by atoms with E-state index in [9.17, 15) is 8.42 Å². The van der Waals surface area contributed by atoms with E-state index < -0.39 is 9.84 Å². The molecule has 0 aliphatic rings. The SMILES string of the molecule is [CH2-]c1cc(C)nc2c(S(=O)(=O)c3ccccc3)c(CC)nn12.[Y]. The van der Waals surface area contributed by atoms with Crippen LogP contribution in [-0.4, -0.2) is 23.0 Å². The average Bonchev–Trinajstić information content (AvgIpc) is 2.87. The van der Waals surface area contributed by atoms with E-state index in [2.05, 4.69) is 17.0 Å². The number of aromatic nitrogens is 3. The first-order chi connectivity index (χ1) is 10.4. The van der Waals surface area contributed by atoms with Crippen LogP contribution in [0.3, 0.4) is 0 Å². The van der Waals surface area contributed by atoms with Crippen molar-refractivity contribution in [2.75, 3.05) is 0 Å². The number of aryl methyl sites for hydroxylation is 2. The van der Waals surface area contributed by atoms with E-state index in [-0.39, 0.29) is 42.5 Å². The van der Waals surface area contributed by atoms with Gasteiger partial charge in [-0.3, -0.25) is 9.50 Å². The van der Waals surface area contributed by atoms with Gasteiger partial charge in [-0.1, -0.05) is 30.8 Å². The van der Waals surface area contributed by atoms with Crippen molar-refractivity contribution >= 4 is 15.5 Å². The third-order valence-electron chi connectivity index (χ3n) is 3.47. The summed E-state index contributed by atoms with van der Waals surface area (Å²) in [6.07, 6.45) is 0.503. The number of hydrogen-bond acceptors (Lipinski definition) is 4. The van der Waals surface area contributed by atoms with E-state index in [1.165, 1.54) is 4.52 Å². The summed E-state index contributed by atoms with van der Waals surface area (Å²) in [6.45, 7) is 7.61. The molecule has 0 unspecified atom stereocenters. The fourth-order valence-electron chi connectivity index (χ4n) is 2.46. The fraction of sp³-hybridized carbons (Fsp3) is 0.188. The molecule has 0 N–H and O–H groups in total. The molecule has 0 atom stereocenters. The van der Waals surface area contributed by atoms with Gasteiger partial charge in [-0.25, -0.2) is 15.3 Å². The zero-order valence-corrected chi connectivity index (χ0v) is 16.7. The van der Waals surface area contributed by atoms with Crippen molar-refractivity contribution in [3.05, 3.63) is 60.4 Å². The molecule has 0 saturated heterocycles. The van der Waals surface area contributed by atoms with Crippen LogP contribution in [0.1, 0.15) is 24.0 Å². The first kappa shape index (κ1) is 18.1. The van der Waals surface area contributed by atoms with Gasteiger partial charge in [0.05, 0.1) is 10.6 Å². The van der Waals surface area contributed by atoms with Gasteiger partial charge in [-0.15, -0.1) is 0 Å². The maximum atomic E-state index is 13.0. The first-order valence-corrected chi connectivity index (χ1v) is 8.45. The average molecular weight is 403 g/mol. The van der Waals surface area contributed by atoms with Crippen LogP contribution >= 0.6 is 0 Å². The second-order valence-electron chi connectivity index (χ2n) is 5.07. The van der Waals surface area contributed by atoms with Crippen molar-refractivity contribution in [3.63, 3.8) is 0 Å². The maximum absolute atomic E-state index is 13.0. The molecular formula is C16H16N3O2SY-. The quantitative estimate of drug-likeness (QED) is 0.631. The molecule has 0 fully saturated rings. The van der Waals surface area contributed by atoms with E-state index in [1.807, 2.05) is 13.8 Å². The topological polar surface area (TPSA) is 64.3 Å². The predicted molar refractivity (Wildman–Crippen MR) is 83.5 cm³/mol. The zero-order chi connectivity index (χ0) is 15.9. The van der Waals surface area contributed by atoms with Crippen LogP contribution in [0.2, 0.25) is 0 Å². The van der Waals surface area contributed by atoms with E-state index in [4.69, 9.17) is 0 Å². The summed E-state index contributed by atoms with van der Waals surface area (Å²) in [4.78, 5) is 4.80. The van der Waals surface area contributed by atoms with Gasteiger partial charge in [0.25, 0.3) is 0 Å². The van der Waals surface area contributed by atoms with Crippen molar-refractivity contribution < 1.29 is 41.1 Å². The van der Waals surface area contributed by atoms with Crippen LogP contribution in [0.25, 0.3) is 5.65 Å². The third kappa shape index (κ3) is 3.07. The molecule has 0 aliphatic carbocycles. The summed E-state index contributed by atoms with van der Waals surface area (Å²) in [5, 5.41) is 4.38. The standard InChI is InChI=1S/C16H16N3O2S.Y/c1-4-14-15(22(20,21)13-8-6-5-7-9-13)16-17-11(2)10-12(3)19(16)18-14;/h5-10H,3-4H2,1-2H3;/q-1;. The Balaban J connectivity index is 0.00000192. The minimum Gasteiger partial charge on any atom is -0.252 e. The summed E-state index contributed by atoms with van der Waals surface area (Å²) >= 11 is 0. The van der Waals surface area contributed by atoms with Gasteiger partial charge in [0.1, 0.15) is 4.90 Å². The number of hydrogen-bond donors (Lipinski definition) is 0. The second-order valence-corrected chi connectivity index (χ2v) is 6.96. The van der Waals surface area contributed by atoms with Gasteiger partial charge < -0.3 is 0 Å². The number of nitrogens with zero attached hydrogens (tertiary/aromatic N) is 3. The Labute approximate surface area is 160 Å². The second kappa shape index (κ2) is 6.71. The molecule has 3 aromatic rings. The minimum absolute atomic E-state index is 0. The van der Waals surface area contributed by atoms with Gasteiger partial charge in [0.15, 0.2) is 5.65 Å². The number of fused-ring (bicyclic) bond motifs is 1. The molecule has 0 saturated carbocycles. The molecule has 2 heterocycles. The monoisotopic (exact) mass is 403 g/mol. The zero-order valence-electron chi connectivity index (χ0n) is 13.0. The molecule has 0 bridgehead atoms. The Kier molecular flexibility index (Phi) is 5.28. The summed E-state index contributed by atoms with van der Waals surface area (Å²) in [7, 11) is -3.67. The number of sulfone groups is 1. The van der Waals surface area contributed by atoms with Crippen LogP contribution in [0.4, 0.5) is 0 Å². The molecule has 3 rings (SSSR count). The summed E-state index contributed by atoms with van der Waals surface area (Å²) in [5.41, 5.74) is 2.17. The molecule has 1 aromatic carbocycles. The Bertz CT molecular complexity index is 950. The Morgan fingerprint density at radius 1 is 1.22 bits per heavy atom. The molecule has 2 aromatic heterocycles. The van der Waals surface area contributed by atoms with Crippen LogP contribution in [0.5, 0.6) is 0 Å². The van der Waals surface area contributed by atoms with Crippen molar-refractivity contribution in [3.8, 4) is 0 Å². The van der Waals surface area contributed by atoms with E-state index in [1.54, 1.807) is 36.4 Å². The van der Waals surface area contributed by atoms with Crippen molar-refractivity contribution in [1.29, 1.82) is 0 Å². The molecule has 5 nitrogen and oxygen atoms in total. The smallest absolute Gasteiger partial charge is 0.212 e. The van der Waals surface area contributed by atoms with Crippen LogP contribution < -0.4 is 0 Å². The third-order valence-corrected chi connectivity index (χ3v) is 5.32. The van der Waals surface area contributed by atoms with Crippen LogP contribution in [0, 0.1) is 13.8 Å². The van der Waals surface area contributed by atoms with E-state index in [0.29, 0.717) is 29.1 Å². The van der Waals surface area contributed by atoms with E-state index in [0.717, 1.165) is 0 Å². The number of rotatable bonds is 3. The first-order valence-electron chi connectivity index (χ1n) is 6.96. The summed E-state index contributed by atoms with van der Waals surface area (Å²) in [5.74, 6) is 0. The number of benzene rings is 1. The van der Waals surface area contributed by atoms with Crippen LogP contribution in [-0.2, 0) is 49.0 Å². The van der Waals surface area contributed by atoms with Crippen molar-refractivity contribution in [2.45, 2.75) is 30.1 Å². The van der Waals surface area contributed by atoms with Gasteiger partial charge >= 0.3 is 0 Å². The molecule has 23 heavy (non-hydrogen) atoms. The Morgan fingerprint density at radius 3 is 2.48 bits per heavy atom.